The molecular formula is C23H28BBrN4O2S2. The van der Waals surface area contributed by atoms with Crippen molar-refractivity contribution in [1.29, 1.82) is 0 Å². The zero-order valence-electron chi connectivity index (χ0n) is 19.1. The minimum absolute atomic E-state index is 0.0599. The van der Waals surface area contributed by atoms with Crippen LogP contribution in [-0.4, -0.2) is 42.1 Å². The summed E-state index contributed by atoms with van der Waals surface area (Å²) >= 11 is 6.52. The second-order valence-electron chi connectivity index (χ2n) is 8.50. The third kappa shape index (κ3) is 7.90. The summed E-state index contributed by atoms with van der Waals surface area (Å²) in [4.78, 5) is 23.4. The molecule has 3 aromatic rings. The minimum atomic E-state index is -0.0876. The van der Waals surface area contributed by atoms with Crippen molar-refractivity contribution in [3.8, 4) is 0 Å². The van der Waals surface area contributed by atoms with Crippen molar-refractivity contribution < 1.29 is 9.21 Å². The molecule has 0 aliphatic carbocycles. The molecule has 3 rings (SSSR count). The van der Waals surface area contributed by atoms with Crippen molar-refractivity contribution in [2.45, 2.75) is 48.9 Å². The first-order valence-electron chi connectivity index (χ1n) is 10.7. The van der Waals surface area contributed by atoms with Gasteiger partial charge in [0.25, 0.3) is 0 Å². The largest absolute Gasteiger partial charge is 0.444 e. The minimum Gasteiger partial charge on any atom is -0.444 e. The molecule has 0 unspecified atom stereocenters. The van der Waals surface area contributed by atoms with Gasteiger partial charge in [0.2, 0.25) is 11.8 Å². The van der Waals surface area contributed by atoms with Gasteiger partial charge in [-0.2, -0.15) is 0 Å². The van der Waals surface area contributed by atoms with Gasteiger partial charge in [0.15, 0.2) is 5.13 Å². The van der Waals surface area contributed by atoms with Gasteiger partial charge >= 0.3 is 0 Å². The van der Waals surface area contributed by atoms with Crippen LogP contribution < -0.4 is 10.2 Å². The van der Waals surface area contributed by atoms with E-state index in [1.165, 1.54) is 11.3 Å². The summed E-state index contributed by atoms with van der Waals surface area (Å²) in [6, 6.07) is 8.04. The lowest BCUT2D eigenvalue weighted by molar-refractivity contribution is -0.115. The number of hydrogen-bond donors (Lipinski definition) is 1. The highest BCUT2D eigenvalue weighted by Gasteiger charge is 2.19. The number of halogens is 1. The van der Waals surface area contributed by atoms with Gasteiger partial charge in [-0.25, -0.2) is 9.97 Å². The zero-order chi connectivity index (χ0) is 23.8. The Balaban J connectivity index is 1.49. The molecule has 1 aromatic carbocycles. The quantitative estimate of drug-likeness (QED) is 0.189. The number of thiazole rings is 1. The number of carbonyl (C=O) groups is 1. The van der Waals surface area contributed by atoms with E-state index in [0.29, 0.717) is 29.5 Å². The molecule has 6 nitrogen and oxygen atoms in total. The molecule has 1 N–H and O–H groups in total. The normalized spacial score (nSPS) is 11.5. The maximum atomic E-state index is 12.5. The number of oxazole rings is 1. The average molecular weight is 547 g/mol. The lowest BCUT2D eigenvalue weighted by Crippen LogP contribution is -2.26. The van der Waals surface area contributed by atoms with Gasteiger partial charge in [-0.05, 0) is 17.7 Å². The summed E-state index contributed by atoms with van der Waals surface area (Å²) in [5.41, 5.74) is 1.99. The van der Waals surface area contributed by atoms with Gasteiger partial charge in [0.05, 0.1) is 36.6 Å². The zero-order valence-corrected chi connectivity index (χ0v) is 22.4. The highest BCUT2D eigenvalue weighted by Crippen LogP contribution is 2.32. The number of rotatable bonds is 11. The number of nitrogens with zero attached hydrogens (tertiary/aromatic N) is 3. The van der Waals surface area contributed by atoms with E-state index in [9.17, 15) is 4.79 Å². The second-order valence-corrected chi connectivity index (χ2v) is 11.6. The molecule has 2 radical (unpaired) electrons. The molecule has 2 aromatic heterocycles. The molecule has 0 spiro atoms. The number of hydrogen-bond acceptors (Lipinski definition) is 7. The first kappa shape index (κ1) is 25.8. The van der Waals surface area contributed by atoms with Crippen LogP contribution in [0.2, 0.25) is 6.32 Å². The Bertz CT molecular complexity index is 1030. The van der Waals surface area contributed by atoms with E-state index in [-0.39, 0.29) is 11.3 Å². The van der Waals surface area contributed by atoms with Gasteiger partial charge in [-0.3, -0.25) is 4.79 Å². The number of aromatic nitrogens is 2. The molecule has 0 aliphatic rings. The van der Waals surface area contributed by atoms with Crippen LogP contribution in [0.25, 0.3) is 0 Å². The summed E-state index contributed by atoms with van der Waals surface area (Å²) in [5, 5.41) is 4.36. The smallest absolute Gasteiger partial charge is 0.230 e. The first-order valence-corrected chi connectivity index (χ1v) is 13.6. The molecule has 33 heavy (non-hydrogen) atoms. The molecule has 10 heteroatoms. The predicted molar refractivity (Wildman–Crippen MR) is 142 cm³/mol. The Morgan fingerprint density at radius 1 is 1.21 bits per heavy atom. The molecule has 0 aliphatic heterocycles. The summed E-state index contributed by atoms with van der Waals surface area (Å²) in [6.45, 7) is 7.97. The second kappa shape index (κ2) is 12.1. The summed E-state index contributed by atoms with van der Waals surface area (Å²) < 4.78 is 6.83. The number of alkyl halides is 1. The third-order valence-electron chi connectivity index (χ3n) is 4.78. The van der Waals surface area contributed by atoms with E-state index in [0.717, 1.165) is 39.6 Å². The highest BCUT2D eigenvalue weighted by atomic mass is 79.9. The van der Waals surface area contributed by atoms with Gasteiger partial charge < -0.3 is 14.6 Å². The molecule has 0 atom stereocenters. The van der Waals surface area contributed by atoms with Crippen molar-refractivity contribution >= 4 is 63.6 Å². The van der Waals surface area contributed by atoms with Crippen LogP contribution in [0.4, 0.5) is 10.8 Å². The Labute approximate surface area is 213 Å². The summed E-state index contributed by atoms with van der Waals surface area (Å²) in [6.07, 6.45) is 4.45. The van der Waals surface area contributed by atoms with Gasteiger partial charge in [0, 0.05) is 29.5 Å². The van der Waals surface area contributed by atoms with Crippen LogP contribution in [0.5, 0.6) is 0 Å². The third-order valence-corrected chi connectivity index (χ3v) is 7.23. The van der Waals surface area contributed by atoms with Crippen molar-refractivity contribution in [3.63, 3.8) is 0 Å². The number of thioether (sulfide) groups is 1. The predicted octanol–water partition coefficient (Wildman–Crippen LogP) is 5.69. The lowest BCUT2D eigenvalue weighted by Gasteiger charge is -2.23. The number of carbonyl (C=O) groups excluding carboxylic acids is 1. The van der Waals surface area contributed by atoms with Gasteiger partial charge in [-0.1, -0.05) is 66.5 Å². The first-order chi connectivity index (χ1) is 15.8. The SMILES string of the molecule is [B]CCN(CCBr)c1ccc(CC(=O)Nc2ncc(SCc3ncc(C(C)(C)C)o3)s2)cc1. The molecule has 2 heterocycles. The van der Waals surface area contributed by atoms with Crippen LogP contribution in [-0.2, 0) is 22.4 Å². The fourth-order valence-corrected chi connectivity index (χ4v) is 5.21. The molecule has 0 bridgehead atoms. The number of anilines is 2. The standard InChI is InChI=1S/C23H28BBrN4O2S2/c1-23(2,3)18-13-26-20(31-18)15-32-21-14-27-22(33-21)28-19(30)12-16-4-6-17(7-5-16)29(10-8-24)11-9-25/h4-7,13-14H,8-12,15H2,1-3H3,(H,27,28,30). The maximum absolute atomic E-state index is 12.5. The molecule has 0 saturated heterocycles. The highest BCUT2D eigenvalue weighted by molar-refractivity contribution is 9.09. The van der Waals surface area contributed by atoms with Crippen molar-refractivity contribution in [2.24, 2.45) is 0 Å². The lowest BCUT2D eigenvalue weighted by atomic mass is 9.94. The summed E-state index contributed by atoms with van der Waals surface area (Å²) in [7, 11) is 5.71. The Morgan fingerprint density at radius 2 is 1.97 bits per heavy atom. The molecule has 1 amide bonds. The summed E-state index contributed by atoms with van der Waals surface area (Å²) in [5.74, 6) is 2.09. The van der Waals surface area contributed by atoms with Crippen LogP contribution in [0.3, 0.4) is 0 Å². The Hall–Kier alpha value is -1.78. The van der Waals surface area contributed by atoms with E-state index >= 15 is 0 Å². The monoisotopic (exact) mass is 546 g/mol. The van der Waals surface area contributed by atoms with Crippen LogP contribution in [0, 0.1) is 0 Å². The van der Waals surface area contributed by atoms with Gasteiger partial charge in [-0.15, -0.1) is 11.8 Å². The van der Waals surface area contributed by atoms with E-state index in [1.807, 2.05) is 24.3 Å². The number of amides is 1. The Kier molecular flexibility index (Phi) is 9.46. The van der Waals surface area contributed by atoms with Crippen LogP contribution in [0.1, 0.15) is 38.0 Å². The average Bonchev–Trinajstić information content (AvgIpc) is 3.42. The Morgan fingerprint density at radius 3 is 2.61 bits per heavy atom. The topological polar surface area (TPSA) is 71.3 Å². The van der Waals surface area contributed by atoms with Crippen LogP contribution >= 0.6 is 39.0 Å². The number of nitrogens with one attached hydrogen (secondary N) is 1. The molecule has 174 valence electrons. The van der Waals surface area contributed by atoms with Crippen molar-refractivity contribution in [3.05, 3.63) is 53.9 Å². The van der Waals surface area contributed by atoms with E-state index in [1.54, 1.807) is 24.2 Å². The van der Waals surface area contributed by atoms with Crippen molar-refractivity contribution in [1.82, 2.24) is 9.97 Å². The van der Waals surface area contributed by atoms with E-state index in [4.69, 9.17) is 12.3 Å². The van der Waals surface area contributed by atoms with E-state index < -0.39 is 0 Å². The molecule has 0 saturated carbocycles. The molecule has 0 fully saturated rings. The van der Waals surface area contributed by atoms with Crippen molar-refractivity contribution in [2.75, 3.05) is 28.6 Å². The van der Waals surface area contributed by atoms with Crippen LogP contribution in [0.15, 0.2) is 45.3 Å². The number of benzene rings is 1. The molecular weight excluding hydrogens is 519 g/mol. The van der Waals surface area contributed by atoms with E-state index in [2.05, 4.69) is 56.9 Å². The maximum Gasteiger partial charge on any atom is 0.230 e. The fraction of sp³-hybridized carbons (Fsp3) is 0.435. The van der Waals surface area contributed by atoms with Gasteiger partial charge in [0.1, 0.15) is 5.76 Å². The fourth-order valence-electron chi connectivity index (χ4n) is 3.04.